The molecule has 0 spiro atoms. The number of methoxy groups -OCH3 is 1. The molecule has 3 rings (SSSR count). The van der Waals surface area contributed by atoms with Crippen LogP contribution in [-0.2, 0) is 11.2 Å². The molecule has 0 amide bonds. The summed E-state index contributed by atoms with van der Waals surface area (Å²) in [6, 6.07) is 13.9. The van der Waals surface area contributed by atoms with E-state index < -0.39 is 0 Å². The number of aryl methyl sites for hydroxylation is 2. The van der Waals surface area contributed by atoms with Crippen molar-refractivity contribution in [1.82, 2.24) is 10.2 Å². The van der Waals surface area contributed by atoms with Gasteiger partial charge in [0.1, 0.15) is 11.5 Å². The van der Waals surface area contributed by atoms with E-state index in [1.54, 1.807) is 20.2 Å². The molecule has 0 aliphatic heterocycles. The van der Waals surface area contributed by atoms with Crippen molar-refractivity contribution in [3.63, 3.8) is 0 Å². The van der Waals surface area contributed by atoms with Crippen molar-refractivity contribution >= 4 is 5.78 Å². The van der Waals surface area contributed by atoms with Crippen molar-refractivity contribution in [2.75, 3.05) is 7.11 Å². The number of ether oxygens (including phenoxy) is 2. The van der Waals surface area contributed by atoms with Gasteiger partial charge in [-0.1, -0.05) is 25.1 Å². The van der Waals surface area contributed by atoms with Crippen molar-refractivity contribution in [2.24, 2.45) is 0 Å². The summed E-state index contributed by atoms with van der Waals surface area (Å²) >= 11 is 0. The number of nitrogens with one attached hydrogen (secondary N) is 1. The van der Waals surface area contributed by atoms with Gasteiger partial charge in [0.25, 0.3) is 0 Å². The van der Waals surface area contributed by atoms with Crippen LogP contribution in [0.25, 0.3) is 0 Å². The van der Waals surface area contributed by atoms with Crippen LogP contribution in [0.2, 0.25) is 0 Å². The first kappa shape index (κ1) is 19.7. The quantitative estimate of drug-likeness (QED) is 0.586. The van der Waals surface area contributed by atoms with E-state index in [0.29, 0.717) is 17.9 Å². The zero-order valence-corrected chi connectivity index (χ0v) is 16.8. The zero-order valence-electron chi connectivity index (χ0n) is 16.8. The second-order valence-electron chi connectivity index (χ2n) is 6.92. The Hall–Kier alpha value is -3.08. The van der Waals surface area contributed by atoms with Gasteiger partial charge in [0.2, 0.25) is 0 Å². The average Bonchev–Trinajstić information content (AvgIpc) is 3.12. The van der Waals surface area contributed by atoms with E-state index >= 15 is 0 Å². The molecule has 5 nitrogen and oxygen atoms in total. The molecular weight excluding hydrogens is 352 g/mol. The number of hydrogen-bond acceptors (Lipinski definition) is 4. The first-order valence-electron chi connectivity index (χ1n) is 9.45. The third kappa shape index (κ3) is 4.42. The Morgan fingerprint density at radius 1 is 1.18 bits per heavy atom. The Labute approximate surface area is 165 Å². The molecule has 1 N–H and O–H groups in total. The van der Waals surface area contributed by atoms with Gasteiger partial charge in [-0.2, -0.15) is 5.10 Å². The van der Waals surface area contributed by atoms with Gasteiger partial charge in [-0.3, -0.25) is 9.89 Å². The lowest BCUT2D eigenvalue weighted by Gasteiger charge is -2.18. The highest BCUT2D eigenvalue weighted by molar-refractivity contribution is 5.77. The van der Waals surface area contributed by atoms with Gasteiger partial charge in [-0.25, -0.2) is 0 Å². The fraction of sp³-hybridized carbons (Fsp3) is 0.304. The maximum absolute atomic E-state index is 11.9. The van der Waals surface area contributed by atoms with Crippen LogP contribution in [0.15, 0.2) is 48.7 Å². The minimum Gasteiger partial charge on any atom is -0.493 e. The third-order valence-corrected chi connectivity index (χ3v) is 4.86. The van der Waals surface area contributed by atoms with Gasteiger partial charge in [-0.15, -0.1) is 0 Å². The monoisotopic (exact) mass is 378 g/mol. The van der Waals surface area contributed by atoms with Crippen LogP contribution in [-0.4, -0.2) is 23.1 Å². The Kier molecular flexibility index (Phi) is 6.14. The van der Waals surface area contributed by atoms with Crippen molar-refractivity contribution in [1.29, 1.82) is 0 Å². The van der Waals surface area contributed by atoms with Crippen molar-refractivity contribution in [2.45, 2.75) is 39.5 Å². The number of benzene rings is 2. The average molecular weight is 378 g/mol. The Bertz CT molecular complexity index is 962. The van der Waals surface area contributed by atoms with Gasteiger partial charge in [-0.05, 0) is 55.7 Å². The van der Waals surface area contributed by atoms with E-state index in [4.69, 9.17) is 9.47 Å². The molecule has 146 valence electrons. The van der Waals surface area contributed by atoms with Crippen LogP contribution in [0.1, 0.15) is 48.6 Å². The van der Waals surface area contributed by atoms with E-state index in [-0.39, 0.29) is 11.7 Å². The lowest BCUT2D eigenvalue weighted by atomic mass is 9.87. The number of H-pyrrole nitrogens is 1. The van der Waals surface area contributed by atoms with Gasteiger partial charge in [0.15, 0.2) is 11.5 Å². The van der Waals surface area contributed by atoms with Crippen LogP contribution in [0.4, 0.5) is 0 Å². The van der Waals surface area contributed by atoms with Gasteiger partial charge < -0.3 is 9.47 Å². The predicted octanol–water partition coefficient (Wildman–Crippen LogP) is 5.19. The molecule has 0 aliphatic rings. The standard InChI is InChI=1S/C23H26N2O3/c1-5-17-7-6-8-19(12-17)28-22-10-9-18(13-23(22)27-4)20(11-15(2)26)21-14-24-25-16(21)3/h6-10,12-14,20H,5,11H2,1-4H3,(H,24,25). The summed E-state index contributed by atoms with van der Waals surface area (Å²) in [7, 11) is 1.62. The lowest BCUT2D eigenvalue weighted by molar-refractivity contribution is -0.117. The SMILES string of the molecule is CCc1cccc(Oc2ccc(C(CC(C)=O)c3cn[nH]c3C)cc2OC)c1. The van der Waals surface area contributed by atoms with Crippen molar-refractivity contribution in [3.8, 4) is 17.2 Å². The lowest BCUT2D eigenvalue weighted by Crippen LogP contribution is -2.07. The maximum Gasteiger partial charge on any atom is 0.169 e. The molecule has 3 aromatic rings. The number of carbonyl (C=O) groups excluding carboxylic acids is 1. The number of aromatic amines is 1. The Morgan fingerprint density at radius 3 is 2.64 bits per heavy atom. The molecule has 5 heteroatoms. The summed E-state index contributed by atoms with van der Waals surface area (Å²) in [4.78, 5) is 11.9. The summed E-state index contributed by atoms with van der Waals surface area (Å²) in [5.41, 5.74) is 4.18. The smallest absolute Gasteiger partial charge is 0.169 e. The van der Waals surface area contributed by atoms with Crippen molar-refractivity contribution in [3.05, 3.63) is 71.0 Å². The molecule has 1 aromatic heterocycles. The summed E-state index contributed by atoms with van der Waals surface area (Å²) in [6.45, 7) is 5.68. The first-order valence-corrected chi connectivity index (χ1v) is 9.45. The molecule has 0 radical (unpaired) electrons. The Morgan fingerprint density at radius 2 is 2.00 bits per heavy atom. The maximum atomic E-state index is 11.9. The number of carbonyl (C=O) groups is 1. The molecule has 2 aromatic carbocycles. The molecule has 1 atom stereocenters. The minimum absolute atomic E-state index is 0.0809. The summed E-state index contributed by atoms with van der Waals surface area (Å²) < 4.78 is 11.6. The van der Waals surface area contributed by atoms with Gasteiger partial charge in [0, 0.05) is 23.6 Å². The highest BCUT2D eigenvalue weighted by Crippen LogP contribution is 2.37. The molecule has 0 aliphatic carbocycles. The molecule has 28 heavy (non-hydrogen) atoms. The molecule has 1 heterocycles. The first-order chi connectivity index (χ1) is 13.5. The van der Waals surface area contributed by atoms with Crippen LogP contribution >= 0.6 is 0 Å². The largest absolute Gasteiger partial charge is 0.493 e. The van der Waals surface area contributed by atoms with E-state index in [9.17, 15) is 4.79 Å². The number of Topliss-reactive ketones (excluding diaryl/α,β-unsaturated/α-hetero) is 1. The number of ketones is 1. The topological polar surface area (TPSA) is 64.2 Å². The predicted molar refractivity (Wildman–Crippen MR) is 109 cm³/mol. The van der Waals surface area contributed by atoms with E-state index in [1.165, 1.54) is 5.56 Å². The van der Waals surface area contributed by atoms with E-state index in [0.717, 1.165) is 29.0 Å². The number of hydrogen-bond donors (Lipinski definition) is 1. The molecular formula is C23H26N2O3. The second kappa shape index (κ2) is 8.74. The molecule has 0 fully saturated rings. The molecule has 0 saturated carbocycles. The highest BCUT2D eigenvalue weighted by Gasteiger charge is 2.21. The van der Waals surface area contributed by atoms with Crippen LogP contribution in [0, 0.1) is 6.92 Å². The van der Waals surface area contributed by atoms with E-state index in [1.807, 2.05) is 43.3 Å². The van der Waals surface area contributed by atoms with Crippen LogP contribution < -0.4 is 9.47 Å². The Balaban J connectivity index is 1.94. The van der Waals surface area contributed by atoms with Gasteiger partial charge >= 0.3 is 0 Å². The summed E-state index contributed by atoms with van der Waals surface area (Å²) in [5.74, 6) is 2.10. The number of rotatable bonds is 8. The van der Waals surface area contributed by atoms with E-state index in [2.05, 4.69) is 23.2 Å². The summed E-state index contributed by atoms with van der Waals surface area (Å²) in [6.07, 6.45) is 3.14. The molecule has 1 unspecified atom stereocenters. The zero-order chi connectivity index (χ0) is 20.1. The second-order valence-corrected chi connectivity index (χ2v) is 6.92. The van der Waals surface area contributed by atoms with Gasteiger partial charge in [0.05, 0.1) is 13.3 Å². The summed E-state index contributed by atoms with van der Waals surface area (Å²) in [5, 5.41) is 7.07. The number of nitrogens with zero attached hydrogens (tertiary/aromatic N) is 1. The fourth-order valence-corrected chi connectivity index (χ4v) is 3.35. The number of aromatic nitrogens is 2. The molecule has 0 bridgehead atoms. The fourth-order valence-electron chi connectivity index (χ4n) is 3.35. The minimum atomic E-state index is -0.0809. The van der Waals surface area contributed by atoms with Crippen LogP contribution in [0.5, 0.6) is 17.2 Å². The third-order valence-electron chi connectivity index (χ3n) is 4.86. The molecule has 0 saturated heterocycles. The van der Waals surface area contributed by atoms with Crippen molar-refractivity contribution < 1.29 is 14.3 Å². The normalized spacial score (nSPS) is 11.9. The van der Waals surface area contributed by atoms with Crippen LogP contribution in [0.3, 0.4) is 0 Å². The highest BCUT2D eigenvalue weighted by atomic mass is 16.5.